The van der Waals surface area contributed by atoms with Crippen LogP contribution in [-0.2, 0) is 0 Å². The van der Waals surface area contributed by atoms with Crippen LogP contribution in [0.4, 0.5) is 0 Å². The van der Waals surface area contributed by atoms with Gasteiger partial charge in [-0.1, -0.05) is 74.5 Å². The molecule has 0 aliphatic rings. The highest BCUT2D eigenvalue weighted by atomic mass is 14.2. The van der Waals surface area contributed by atoms with E-state index in [-0.39, 0.29) is 0 Å². The Balaban J connectivity index is 2.14. The minimum atomic E-state index is 0.415. The van der Waals surface area contributed by atoms with Gasteiger partial charge in [0.05, 0.1) is 0 Å². The molecular weight excluding hydrogens is 384 g/mol. The maximum Gasteiger partial charge on any atom is -0.0120 e. The first-order valence-corrected chi connectivity index (χ1v) is 11.7. The molecule has 4 aromatic carbocycles. The average molecular weight is 419 g/mol. The second-order valence-electron chi connectivity index (χ2n) is 9.37. The quantitative estimate of drug-likeness (QED) is 0.310. The molecule has 0 fully saturated rings. The van der Waals surface area contributed by atoms with Gasteiger partial charge in [-0.3, -0.25) is 0 Å². The summed E-state index contributed by atoms with van der Waals surface area (Å²) < 4.78 is 0. The highest BCUT2D eigenvalue weighted by Crippen LogP contribution is 2.43. The van der Waals surface area contributed by atoms with Crippen molar-refractivity contribution in [3.05, 3.63) is 106 Å². The summed E-state index contributed by atoms with van der Waals surface area (Å²) in [5.41, 5.74) is 16.4. The summed E-state index contributed by atoms with van der Waals surface area (Å²) in [6, 6.07) is 26.6. The van der Waals surface area contributed by atoms with Crippen LogP contribution < -0.4 is 0 Å². The summed E-state index contributed by atoms with van der Waals surface area (Å²) in [4.78, 5) is 0. The highest BCUT2D eigenvalue weighted by Gasteiger charge is 2.20. The third-order valence-electron chi connectivity index (χ3n) is 7.22. The standard InChI is InChI=1S/C32H34/c1-20(2)31-29(26-14-10-8-11-15-26)18-28(19-30(31)27-16-12-9-13-17-27)32-24(6)22(4)21(3)23(5)25(32)7/h8-20H,1-7H3. The molecule has 0 aliphatic carbocycles. The summed E-state index contributed by atoms with van der Waals surface area (Å²) in [7, 11) is 0. The van der Waals surface area contributed by atoms with Crippen molar-refractivity contribution in [1.82, 2.24) is 0 Å². The normalized spacial score (nSPS) is 11.2. The minimum Gasteiger partial charge on any atom is -0.0622 e. The molecule has 4 rings (SSSR count). The Labute approximate surface area is 194 Å². The fraction of sp³-hybridized carbons (Fsp3) is 0.250. The van der Waals surface area contributed by atoms with Crippen molar-refractivity contribution >= 4 is 0 Å². The summed E-state index contributed by atoms with van der Waals surface area (Å²) in [6.45, 7) is 16.0. The second-order valence-corrected chi connectivity index (χ2v) is 9.37. The fourth-order valence-corrected chi connectivity index (χ4v) is 5.07. The van der Waals surface area contributed by atoms with E-state index in [2.05, 4.69) is 121 Å². The van der Waals surface area contributed by atoms with E-state index in [1.165, 1.54) is 66.8 Å². The fourth-order valence-electron chi connectivity index (χ4n) is 5.07. The molecule has 0 aromatic heterocycles. The van der Waals surface area contributed by atoms with Gasteiger partial charge in [-0.25, -0.2) is 0 Å². The summed E-state index contributed by atoms with van der Waals surface area (Å²) in [5, 5.41) is 0. The first kappa shape index (κ1) is 22.1. The van der Waals surface area contributed by atoms with Crippen LogP contribution in [0.15, 0.2) is 72.8 Å². The average Bonchev–Trinajstić information content (AvgIpc) is 2.82. The van der Waals surface area contributed by atoms with Gasteiger partial charge in [0.15, 0.2) is 0 Å². The molecule has 0 unspecified atom stereocenters. The van der Waals surface area contributed by atoms with Crippen LogP contribution in [0.5, 0.6) is 0 Å². The largest absolute Gasteiger partial charge is 0.0622 e. The molecule has 32 heavy (non-hydrogen) atoms. The molecule has 0 radical (unpaired) electrons. The predicted molar refractivity (Wildman–Crippen MR) is 141 cm³/mol. The Hall–Kier alpha value is -3.12. The number of benzene rings is 4. The van der Waals surface area contributed by atoms with Gasteiger partial charge >= 0.3 is 0 Å². The molecule has 0 amide bonds. The smallest absolute Gasteiger partial charge is 0.0120 e. The molecule has 0 bridgehead atoms. The van der Waals surface area contributed by atoms with Crippen LogP contribution in [0.1, 0.15) is 53.1 Å². The van der Waals surface area contributed by atoms with Crippen molar-refractivity contribution in [3.8, 4) is 33.4 Å². The van der Waals surface area contributed by atoms with Crippen molar-refractivity contribution < 1.29 is 0 Å². The zero-order valence-corrected chi connectivity index (χ0v) is 20.5. The summed E-state index contributed by atoms with van der Waals surface area (Å²) in [5.74, 6) is 0.415. The molecule has 0 spiro atoms. The van der Waals surface area contributed by atoms with E-state index in [9.17, 15) is 0 Å². The maximum absolute atomic E-state index is 2.43. The molecular formula is C32H34. The maximum atomic E-state index is 2.43. The number of hydrogen-bond acceptors (Lipinski definition) is 0. The van der Waals surface area contributed by atoms with Crippen LogP contribution in [0.2, 0.25) is 0 Å². The first-order valence-electron chi connectivity index (χ1n) is 11.7. The Kier molecular flexibility index (Phi) is 6.07. The lowest BCUT2D eigenvalue weighted by atomic mass is 9.80. The van der Waals surface area contributed by atoms with Gasteiger partial charge in [0.25, 0.3) is 0 Å². The minimum absolute atomic E-state index is 0.415. The van der Waals surface area contributed by atoms with Gasteiger partial charge in [-0.2, -0.15) is 0 Å². The third kappa shape index (κ3) is 3.79. The van der Waals surface area contributed by atoms with E-state index >= 15 is 0 Å². The van der Waals surface area contributed by atoms with Gasteiger partial charge in [0.2, 0.25) is 0 Å². The topological polar surface area (TPSA) is 0 Å². The van der Waals surface area contributed by atoms with Crippen LogP contribution in [0.3, 0.4) is 0 Å². The van der Waals surface area contributed by atoms with Crippen molar-refractivity contribution in [2.45, 2.75) is 54.4 Å². The van der Waals surface area contributed by atoms with Crippen molar-refractivity contribution in [3.63, 3.8) is 0 Å². The molecule has 162 valence electrons. The van der Waals surface area contributed by atoms with E-state index in [0.29, 0.717) is 5.92 Å². The SMILES string of the molecule is Cc1c(C)c(C)c(-c2cc(-c3ccccc3)c(C(C)C)c(-c3ccccc3)c2)c(C)c1C. The van der Waals surface area contributed by atoms with E-state index < -0.39 is 0 Å². The Morgan fingerprint density at radius 2 is 0.844 bits per heavy atom. The summed E-state index contributed by atoms with van der Waals surface area (Å²) in [6.07, 6.45) is 0. The Morgan fingerprint density at radius 1 is 0.469 bits per heavy atom. The Bertz CT molecular complexity index is 1170. The highest BCUT2D eigenvalue weighted by molar-refractivity contribution is 5.87. The van der Waals surface area contributed by atoms with Gasteiger partial charge in [-0.05, 0) is 119 Å². The zero-order valence-electron chi connectivity index (χ0n) is 20.5. The molecule has 0 saturated carbocycles. The molecule has 0 N–H and O–H groups in total. The molecule has 0 saturated heterocycles. The van der Waals surface area contributed by atoms with Crippen molar-refractivity contribution in [2.75, 3.05) is 0 Å². The van der Waals surface area contributed by atoms with Crippen molar-refractivity contribution in [2.24, 2.45) is 0 Å². The lowest BCUT2D eigenvalue weighted by Gasteiger charge is -2.24. The lowest BCUT2D eigenvalue weighted by Crippen LogP contribution is -2.02. The van der Waals surface area contributed by atoms with E-state index in [4.69, 9.17) is 0 Å². The van der Waals surface area contributed by atoms with Gasteiger partial charge < -0.3 is 0 Å². The van der Waals surface area contributed by atoms with Crippen LogP contribution in [0, 0.1) is 34.6 Å². The lowest BCUT2D eigenvalue weighted by molar-refractivity contribution is 0.871. The summed E-state index contributed by atoms with van der Waals surface area (Å²) >= 11 is 0. The second kappa shape index (κ2) is 8.79. The van der Waals surface area contributed by atoms with Crippen LogP contribution >= 0.6 is 0 Å². The molecule has 0 heterocycles. The molecule has 0 heteroatoms. The monoisotopic (exact) mass is 418 g/mol. The Morgan fingerprint density at radius 3 is 1.22 bits per heavy atom. The van der Waals surface area contributed by atoms with Gasteiger partial charge in [0.1, 0.15) is 0 Å². The van der Waals surface area contributed by atoms with Crippen LogP contribution in [0.25, 0.3) is 33.4 Å². The predicted octanol–water partition coefficient (Wildman–Crippen LogP) is 9.35. The van der Waals surface area contributed by atoms with Gasteiger partial charge in [0, 0.05) is 0 Å². The van der Waals surface area contributed by atoms with Crippen molar-refractivity contribution in [1.29, 1.82) is 0 Å². The third-order valence-corrected chi connectivity index (χ3v) is 7.22. The van der Waals surface area contributed by atoms with E-state index in [0.717, 1.165) is 0 Å². The van der Waals surface area contributed by atoms with E-state index in [1.54, 1.807) is 0 Å². The molecule has 0 atom stereocenters. The van der Waals surface area contributed by atoms with Gasteiger partial charge in [-0.15, -0.1) is 0 Å². The van der Waals surface area contributed by atoms with Crippen LogP contribution in [-0.4, -0.2) is 0 Å². The number of hydrogen-bond donors (Lipinski definition) is 0. The number of rotatable bonds is 4. The zero-order chi connectivity index (χ0) is 23.0. The molecule has 0 nitrogen and oxygen atoms in total. The molecule has 0 aliphatic heterocycles. The van der Waals surface area contributed by atoms with E-state index in [1.807, 2.05) is 0 Å². The molecule has 4 aromatic rings. The first-order chi connectivity index (χ1) is 15.3.